The summed E-state index contributed by atoms with van der Waals surface area (Å²) in [5, 5.41) is 2.30. The summed E-state index contributed by atoms with van der Waals surface area (Å²) in [6.45, 7) is 1.36. The van der Waals surface area contributed by atoms with E-state index in [1.54, 1.807) is 0 Å². The second-order valence-corrected chi connectivity index (χ2v) is 5.25. The fourth-order valence-corrected chi connectivity index (χ4v) is 2.29. The molecular weight excluding hydrogens is 335 g/mol. The summed E-state index contributed by atoms with van der Waals surface area (Å²) in [5.41, 5.74) is 5.23. The Morgan fingerprint density at radius 3 is 2.12 bits per heavy atom. The molecule has 0 saturated carbocycles. The molecule has 0 aliphatic rings. The van der Waals surface area contributed by atoms with Crippen LogP contribution in [0.5, 0.6) is 0 Å². The van der Waals surface area contributed by atoms with Gasteiger partial charge in [-0.25, -0.2) is 4.39 Å². The number of primary amides is 1. The van der Waals surface area contributed by atoms with Gasteiger partial charge in [0, 0.05) is 11.5 Å². The molecule has 0 unspecified atom stereocenters. The first kappa shape index (κ1) is 20.1. The summed E-state index contributed by atoms with van der Waals surface area (Å²) in [6.07, 6.45) is 0. The fourth-order valence-electron chi connectivity index (χ4n) is 2.29. The van der Waals surface area contributed by atoms with Crippen LogP contribution in [-0.4, -0.2) is 44.0 Å². The minimum absolute atomic E-state index is 0.0499. The lowest BCUT2D eigenvalue weighted by Gasteiger charge is -2.26. The summed E-state index contributed by atoms with van der Waals surface area (Å²) in [5.74, 6) is -6.82. The van der Waals surface area contributed by atoms with E-state index in [2.05, 4.69) is 14.8 Å². The SMILES string of the molecule is COC(=O)C(C(=O)OC)[C@@H](C)[C@@H](NC(=O)c1cccc(F)c1)C(N)=O. The van der Waals surface area contributed by atoms with Gasteiger partial charge in [0.2, 0.25) is 5.91 Å². The quantitative estimate of drug-likeness (QED) is 0.525. The predicted octanol–water partition coefficient (Wildman–Crippen LogP) is 0.00770. The number of ether oxygens (including phenoxy) is 2. The lowest BCUT2D eigenvalue weighted by Crippen LogP contribution is -2.52. The standard InChI is InChI=1S/C16H19FN2O6/c1-8(11(15(22)24-2)16(23)25-3)12(13(18)20)19-14(21)9-5-4-6-10(17)7-9/h4-8,11-12H,1-3H3,(H2,18,20)(H,19,21)/t8-,12-/m1/s1. The molecule has 0 aliphatic carbocycles. The highest BCUT2D eigenvalue weighted by molar-refractivity contribution is 5.99. The number of carbonyl (C=O) groups excluding carboxylic acids is 4. The normalized spacial score (nSPS) is 12.8. The highest BCUT2D eigenvalue weighted by Crippen LogP contribution is 2.20. The lowest BCUT2D eigenvalue weighted by molar-refractivity contribution is -0.161. The second-order valence-electron chi connectivity index (χ2n) is 5.25. The Hall–Kier alpha value is -2.97. The van der Waals surface area contributed by atoms with Crippen LogP contribution in [-0.2, 0) is 23.9 Å². The van der Waals surface area contributed by atoms with E-state index in [0.29, 0.717) is 0 Å². The number of methoxy groups -OCH3 is 2. The van der Waals surface area contributed by atoms with Crippen LogP contribution in [0.25, 0.3) is 0 Å². The van der Waals surface area contributed by atoms with Crippen molar-refractivity contribution >= 4 is 23.8 Å². The number of hydrogen-bond donors (Lipinski definition) is 2. The molecule has 0 aliphatic heterocycles. The molecule has 2 atom stereocenters. The number of carbonyl (C=O) groups is 4. The van der Waals surface area contributed by atoms with Gasteiger partial charge in [0.1, 0.15) is 11.9 Å². The zero-order valence-corrected chi connectivity index (χ0v) is 13.9. The number of nitrogens with two attached hydrogens (primary N) is 1. The smallest absolute Gasteiger partial charge is 0.320 e. The highest BCUT2D eigenvalue weighted by atomic mass is 19.1. The topological polar surface area (TPSA) is 125 Å². The van der Waals surface area contributed by atoms with Gasteiger partial charge in [0.05, 0.1) is 14.2 Å². The van der Waals surface area contributed by atoms with Crippen LogP contribution >= 0.6 is 0 Å². The van der Waals surface area contributed by atoms with Crippen molar-refractivity contribution < 1.29 is 33.0 Å². The van der Waals surface area contributed by atoms with Crippen molar-refractivity contribution in [3.63, 3.8) is 0 Å². The molecule has 0 heterocycles. The monoisotopic (exact) mass is 354 g/mol. The Labute approximate surface area is 143 Å². The highest BCUT2D eigenvalue weighted by Gasteiger charge is 2.41. The van der Waals surface area contributed by atoms with Crippen LogP contribution in [0.2, 0.25) is 0 Å². The Kier molecular flexibility index (Phi) is 7.04. The summed E-state index contributed by atoms with van der Waals surface area (Å²) >= 11 is 0. The molecular formula is C16H19FN2O6. The molecule has 2 amide bonds. The maximum absolute atomic E-state index is 13.2. The van der Waals surface area contributed by atoms with Crippen molar-refractivity contribution in [2.45, 2.75) is 13.0 Å². The predicted molar refractivity (Wildman–Crippen MR) is 83.5 cm³/mol. The molecule has 0 aromatic heterocycles. The van der Waals surface area contributed by atoms with Gasteiger partial charge < -0.3 is 20.5 Å². The number of halogens is 1. The van der Waals surface area contributed by atoms with Crippen LogP contribution in [0, 0.1) is 17.7 Å². The molecule has 3 N–H and O–H groups in total. The van der Waals surface area contributed by atoms with E-state index in [4.69, 9.17) is 5.73 Å². The van der Waals surface area contributed by atoms with Crippen LogP contribution in [0.3, 0.4) is 0 Å². The van der Waals surface area contributed by atoms with E-state index in [-0.39, 0.29) is 5.56 Å². The third kappa shape index (κ3) is 5.00. The molecule has 25 heavy (non-hydrogen) atoms. The number of benzene rings is 1. The van der Waals surface area contributed by atoms with E-state index in [1.807, 2.05) is 0 Å². The number of hydrogen-bond acceptors (Lipinski definition) is 6. The third-order valence-corrected chi connectivity index (χ3v) is 3.64. The molecule has 1 rings (SSSR count). The Balaban J connectivity index is 3.08. The molecule has 8 nitrogen and oxygen atoms in total. The second kappa shape index (κ2) is 8.76. The summed E-state index contributed by atoms with van der Waals surface area (Å²) in [6, 6.07) is 3.38. The van der Waals surface area contributed by atoms with Crippen LogP contribution in [0.15, 0.2) is 24.3 Å². The zero-order chi connectivity index (χ0) is 19.1. The van der Waals surface area contributed by atoms with E-state index in [0.717, 1.165) is 26.4 Å². The molecule has 0 saturated heterocycles. The maximum atomic E-state index is 13.2. The van der Waals surface area contributed by atoms with Gasteiger partial charge in [-0.15, -0.1) is 0 Å². The Morgan fingerprint density at radius 1 is 1.12 bits per heavy atom. The average Bonchev–Trinajstić information content (AvgIpc) is 2.58. The third-order valence-electron chi connectivity index (χ3n) is 3.64. The minimum atomic E-state index is -1.47. The molecule has 136 valence electrons. The summed E-state index contributed by atoms with van der Waals surface area (Å²) < 4.78 is 22.3. The molecule has 0 radical (unpaired) electrons. The number of esters is 2. The molecule has 1 aromatic carbocycles. The van der Waals surface area contributed by atoms with Gasteiger partial charge in [-0.1, -0.05) is 13.0 Å². The molecule has 1 aromatic rings. The zero-order valence-electron chi connectivity index (χ0n) is 13.9. The van der Waals surface area contributed by atoms with Gasteiger partial charge in [-0.2, -0.15) is 0 Å². The first-order valence-electron chi connectivity index (χ1n) is 7.24. The van der Waals surface area contributed by atoms with Crippen molar-refractivity contribution in [1.29, 1.82) is 0 Å². The van der Waals surface area contributed by atoms with E-state index >= 15 is 0 Å². The van der Waals surface area contributed by atoms with Gasteiger partial charge in [-0.05, 0) is 18.2 Å². The van der Waals surface area contributed by atoms with Crippen molar-refractivity contribution in [2.75, 3.05) is 14.2 Å². The van der Waals surface area contributed by atoms with Crippen molar-refractivity contribution in [1.82, 2.24) is 5.32 Å². The minimum Gasteiger partial charge on any atom is -0.468 e. The largest absolute Gasteiger partial charge is 0.468 e. The van der Waals surface area contributed by atoms with E-state index in [9.17, 15) is 23.6 Å². The first-order valence-corrected chi connectivity index (χ1v) is 7.24. The Morgan fingerprint density at radius 2 is 1.68 bits per heavy atom. The van der Waals surface area contributed by atoms with Gasteiger partial charge >= 0.3 is 11.9 Å². The Bertz CT molecular complexity index is 662. The van der Waals surface area contributed by atoms with E-state index in [1.165, 1.54) is 19.1 Å². The van der Waals surface area contributed by atoms with Crippen LogP contribution in [0.4, 0.5) is 4.39 Å². The molecule has 0 bridgehead atoms. The lowest BCUT2D eigenvalue weighted by atomic mass is 9.86. The first-order chi connectivity index (χ1) is 11.7. The van der Waals surface area contributed by atoms with Gasteiger partial charge in [-0.3, -0.25) is 19.2 Å². The average molecular weight is 354 g/mol. The number of rotatable bonds is 7. The van der Waals surface area contributed by atoms with Crippen LogP contribution in [0.1, 0.15) is 17.3 Å². The number of amides is 2. The van der Waals surface area contributed by atoms with Crippen molar-refractivity contribution in [2.24, 2.45) is 17.6 Å². The number of nitrogens with one attached hydrogen (secondary N) is 1. The fraction of sp³-hybridized carbons (Fsp3) is 0.375. The summed E-state index contributed by atoms with van der Waals surface area (Å²) in [7, 11) is 2.13. The van der Waals surface area contributed by atoms with Crippen molar-refractivity contribution in [3.8, 4) is 0 Å². The summed E-state index contributed by atoms with van der Waals surface area (Å²) in [4.78, 5) is 47.6. The molecule has 0 fully saturated rings. The molecule has 0 spiro atoms. The van der Waals surface area contributed by atoms with Gasteiger partial charge in [0.15, 0.2) is 5.92 Å². The van der Waals surface area contributed by atoms with Crippen molar-refractivity contribution in [3.05, 3.63) is 35.6 Å². The van der Waals surface area contributed by atoms with Gasteiger partial charge in [0.25, 0.3) is 5.91 Å². The van der Waals surface area contributed by atoms with Crippen LogP contribution < -0.4 is 11.1 Å². The maximum Gasteiger partial charge on any atom is 0.320 e. The van der Waals surface area contributed by atoms with E-state index < -0.39 is 47.4 Å². The molecule has 9 heteroatoms.